The molecule has 0 fully saturated rings. The van der Waals surface area contributed by atoms with Gasteiger partial charge in [0.05, 0.1) is 0 Å². The summed E-state index contributed by atoms with van der Waals surface area (Å²) < 4.78 is 6.02. The van der Waals surface area contributed by atoms with E-state index in [1.54, 1.807) is 0 Å². The first-order valence-corrected chi connectivity index (χ1v) is 7.65. The summed E-state index contributed by atoms with van der Waals surface area (Å²) in [5.41, 5.74) is 2.56. The van der Waals surface area contributed by atoms with Crippen LogP contribution in [0.15, 0.2) is 40.8 Å². The van der Waals surface area contributed by atoms with Gasteiger partial charge in [-0.1, -0.05) is 38.1 Å². The minimum Gasteiger partial charge on any atom is -0.461 e. The molecular weight excluding hydrogens is 246 g/mol. The van der Waals surface area contributed by atoms with Gasteiger partial charge >= 0.3 is 0 Å². The zero-order valence-corrected chi connectivity index (χ0v) is 12.8. The lowest BCUT2D eigenvalue weighted by Crippen LogP contribution is -2.28. The van der Waals surface area contributed by atoms with Gasteiger partial charge in [-0.15, -0.1) is 0 Å². The van der Waals surface area contributed by atoms with E-state index in [9.17, 15) is 0 Å². The maximum absolute atomic E-state index is 6.02. The number of benzene rings is 1. The van der Waals surface area contributed by atoms with Crippen LogP contribution in [0.25, 0.3) is 11.3 Å². The molecule has 20 heavy (non-hydrogen) atoms. The first-order chi connectivity index (χ1) is 9.74. The first-order valence-electron chi connectivity index (χ1n) is 7.65. The molecule has 0 aliphatic carbocycles. The Morgan fingerprint density at radius 2 is 1.90 bits per heavy atom. The van der Waals surface area contributed by atoms with Gasteiger partial charge in [0.25, 0.3) is 0 Å². The topological polar surface area (TPSA) is 25.2 Å². The Labute approximate surface area is 122 Å². The van der Waals surface area contributed by atoms with Gasteiger partial charge in [-0.05, 0) is 44.0 Å². The zero-order chi connectivity index (χ0) is 14.4. The van der Waals surface area contributed by atoms with Crippen LogP contribution in [-0.4, -0.2) is 12.6 Å². The highest BCUT2D eigenvalue weighted by molar-refractivity contribution is 5.62. The van der Waals surface area contributed by atoms with Gasteiger partial charge in [-0.25, -0.2) is 0 Å². The van der Waals surface area contributed by atoms with Crippen molar-refractivity contribution in [3.63, 3.8) is 0 Å². The molecule has 0 aliphatic rings. The van der Waals surface area contributed by atoms with Gasteiger partial charge in [0.1, 0.15) is 11.5 Å². The molecule has 0 aliphatic heterocycles. The number of hydrogen-bond donors (Lipinski definition) is 1. The first kappa shape index (κ1) is 14.9. The van der Waals surface area contributed by atoms with Gasteiger partial charge in [-0.3, -0.25) is 0 Å². The molecule has 0 bridgehead atoms. The maximum atomic E-state index is 6.02. The predicted octanol–water partition coefficient (Wildman–Crippen LogP) is 4.44. The van der Waals surface area contributed by atoms with E-state index in [1.807, 2.05) is 0 Å². The standard InChI is InChI=1S/C18H25NO/c1-4-12-19-14(3)13-16-10-11-18(20-16)17-9-7-6-8-15(17)5-2/h6-11,14,19H,4-5,12-13H2,1-3H3. The molecular formula is C18H25NO. The van der Waals surface area contributed by atoms with Crippen LogP contribution in [0, 0.1) is 0 Å². The molecule has 2 heteroatoms. The van der Waals surface area contributed by atoms with E-state index >= 15 is 0 Å². The third kappa shape index (κ3) is 3.73. The van der Waals surface area contributed by atoms with Gasteiger partial charge < -0.3 is 9.73 Å². The summed E-state index contributed by atoms with van der Waals surface area (Å²) in [5.74, 6) is 2.04. The Bertz CT molecular complexity index is 530. The molecule has 2 aromatic rings. The summed E-state index contributed by atoms with van der Waals surface area (Å²) in [6.07, 6.45) is 3.13. The lowest BCUT2D eigenvalue weighted by molar-refractivity contribution is 0.464. The van der Waals surface area contributed by atoms with Crippen LogP contribution in [0.3, 0.4) is 0 Å². The second-order valence-electron chi connectivity index (χ2n) is 5.34. The Morgan fingerprint density at radius 3 is 2.65 bits per heavy atom. The molecule has 2 rings (SSSR count). The highest BCUT2D eigenvalue weighted by atomic mass is 16.3. The fourth-order valence-corrected chi connectivity index (χ4v) is 2.47. The Balaban J connectivity index is 2.08. The number of rotatable bonds is 7. The maximum Gasteiger partial charge on any atom is 0.134 e. The highest BCUT2D eigenvalue weighted by Gasteiger charge is 2.10. The van der Waals surface area contributed by atoms with Crippen molar-refractivity contribution >= 4 is 0 Å². The summed E-state index contributed by atoms with van der Waals surface area (Å²) in [4.78, 5) is 0. The van der Waals surface area contributed by atoms with E-state index in [4.69, 9.17) is 4.42 Å². The summed E-state index contributed by atoms with van der Waals surface area (Å²) in [6.45, 7) is 7.64. The van der Waals surface area contributed by atoms with Crippen LogP contribution in [0.1, 0.15) is 38.5 Å². The smallest absolute Gasteiger partial charge is 0.134 e. The Hall–Kier alpha value is -1.54. The number of hydrogen-bond acceptors (Lipinski definition) is 2. The van der Waals surface area contributed by atoms with Crippen LogP contribution in [0.2, 0.25) is 0 Å². The van der Waals surface area contributed by atoms with Crippen LogP contribution < -0.4 is 5.32 Å². The molecule has 0 saturated carbocycles. The molecule has 108 valence electrons. The molecule has 1 N–H and O–H groups in total. The minimum absolute atomic E-state index is 0.454. The molecule has 1 heterocycles. The monoisotopic (exact) mass is 271 g/mol. The second kappa shape index (κ2) is 7.30. The van der Waals surface area contributed by atoms with Crippen molar-refractivity contribution in [2.75, 3.05) is 6.54 Å². The van der Waals surface area contributed by atoms with Gasteiger partial charge in [0.15, 0.2) is 0 Å². The average molecular weight is 271 g/mol. The fraction of sp³-hybridized carbons (Fsp3) is 0.444. The zero-order valence-electron chi connectivity index (χ0n) is 12.8. The van der Waals surface area contributed by atoms with Crippen molar-refractivity contribution in [2.45, 2.75) is 46.1 Å². The summed E-state index contributed by atoms with van der Waals surface area (Å²) in [5, 5.41) is 3.49. The predicted molar refractivity (Wildman–Crippen MR) is 85.0 cm³/mol. The van der Waals surface area contributed by atoms with E-state index in [-0.39, 0.29) is 0 Å². The van der Waals surface area contributed by atoms with E-state index in [2.05, 4.69) is 62.5 Å². The van der Waals surface area contributed by atoms with Crippen molar-refractivity contribution in [1.82, 2.24) is 5.32 Å². The van der Waals surface area contributed by atoms with Crippen LogP contribution in [0.4, 0.5) is 0 Å². The molecule has 0 radical (unpaired) electrons. The van der Waals surface area contributed by atoms with Crippen LogP contribution in [0.5, 0.6) is 0 Å². The normalized spacial score (nSPS) is 12.6. The number of aryl methyl sites for hydroxylation is 1. The summed E-state index contributed by atoms with van der Waals surface area (Å²) in [7, 11) is 0. The molecule has 0 amide bonds. The van der Waals surface area contributed by atoms with E-state index in [0.717, 1.165) is 37.3 Å². The third-order valence-electron chi connectivity index (χ3n) is 3.58. The lowest BCUT2D eigenvalue weighted by atomic mass is 10.0. The molecule has 1 unspecified atom stereocenters. The molecule has 0 saturated heterocycles. The Morgan fingerprint density at radius 1 is 1.10 bits per heavy atom. The third-order valence-corrected chi connectivity index (χ3v) is 3.58. The van der Waals surface area contributed by atoms with Crippen LogP contribution in [-0.2, 0) is 12.8 Å². The fourth-order valence-electron chi connectivity index (χ4n) is 2.47. The quantitative estimate of drug-likeness (QED) is 0.805. The van der Waals surface area contributed by atoms with Gasteiger partial charge in [0, 0.05) is 18.0 Å². The van der Waals surface area contributed by atoms with Crippen molar-refractivity contribution in [3.8, 4) is 11.3 Å². The summed E-state index contributed by atoms with van der Waals surface area (Å²) >= 11 is 0. The molecule has 1 aromatic carbocycles. The summed E-state index contributed by atoms with van der Waals surface area (Å²) in [6, 6.07) is 13.1. The van der Waals surface area contributed by atoms with Crippen molar-refractivity contribution in [1.29, 1.82) is 0 Å². The van der Waals surface area contributed by atoms with Gasteiger partial charge in [-0.2, -0.15) is 0 Å². The molecule has 2 nitrogen and oxygen atoms in total. The minimum atomic E-state index is 0.454. The second-order valence-corrected chi connectivity index (χ2v) is 5.34. The molecule has 1 aromatic heterocycles. The number of furan rings is 1. The number of nitrogens with one attached hydrogen (secondary N) is 1. The average Bonchev–Trinajstić information content (AvgIpc) is 2.93. The van der Waals surface area contributed by atoms with Crippen molar-refractivity contribution in [3.05, 3.63) is 47.7 Å². The molecule has 0 spiro atoms. The van der Waals surface area contributed by atoms with Crippen LogP contribution >= 0.6 is 0 Å². The van der Waals surface area contributed by atoms with E-state index < -0.39 is 0 Å². The van der Waals surface area contributed by atoms with E-state index in [1.165, 1.54) is 11.1 Å². The van der Waals surface area contributed by atoms with Crippen molar-refractivity contribution < 1.29 is 4.42 Å². The largest absolute Gasteiger partial charge is 0.461 e. The van der Waals surface area contributed by atoms with E-state index in [0.29, 0.717) is 6.04 Å². The SMILES string of the molecule is CCCNC(C)Cc1ccc(-c2ccccc2CC)o1. The lowest BCUT2D eigenvalue weighted by Gasteiger charge is -2.11. The molecule has 1 atom stereocenters. The Kier molecular flexibility index (Phi) is 5.42. The van der Waals surface area contributed by atoms with Gasteiger partial charge in [0.2, 0.25) is 0 Å². The highest BCUT2D eigenvalue weighted by Crippen LogP contribution is 2.26. The van der Waals surface area contributed by atoms with Crippen molar-refractivity contribution in [2.24, 2.45) is 0 Å².